The molecule has 0 aliphatic carbocycles. The van der Waals surface area contributed by atoms with Crippen LogP contribution in [0.1, 0.15) is 60.3 Å². The molecule has 0 amide bonds. The van der Waals surface area contributed by atoms with E-state index in [2.05, 4.69) is 46.6 Å². The second-order valence-corrected chi connectivity index (χ2v) is 7.49. The molecule has 1 saturated heterocycles. The Morgan fingerprint density at radius 1 is 1.39 bits per heavy atom. The Hall–Kier alpha value is 0.0249. The molecule has 1 rings (SSSR count). The molecule has 18 heavy (non-hydrogen) atoms. The first-order valence-corrected chi connectivity index (χ1v) is 7.70. The number of hydrogen-bond acceptors (Lipinski definition) is 1. The van der Waals surface area contributed by atoms with Gasteiger partial charge in [0.15, 0.2) is 0 Å². The van der Waals surface area contributed by atoms with Crippen LogP contribution in [-0.2, 0) is 0 Å². The minimum absolute atomic E-state index is 0.0416. The first-order valence-electron chi connectivity index (χ1n) is 7.70. The summed E-state index contributed by atoms with van der Waals surface area (Å²) in [6.45, 7) is 14.0. The van der Waals surface area contributed by atoms with Crippen molar-refractivity contribution in [3.05, 3.63) is 0 Å². The van der Waals surface area contributed by atoms with Crippen molar-refractivity contribution in [3.8, 4) is 0 Å². The monoisotopic (exact) mass is 249 g/mol. The van der Waals surface area contributed by atoms with Crippen LogP contribution in [0.15, 0.2) is 0 Å². The highest BCUT2D eigenvalue weighted by atomic mass is 15.1. The SMILES string of the molecule is [B]C1(C)CC(C)CCN(C)CC1(CC)CC(C)C. The molecule has 104 valence electrons. The highest BCUT2D eigenvalue weighted by Gasteiger charge is 2.45. The first-order chi connectivity index (χ1) is 8.22. The van der Waals surface area contributed by atoms with Crippen LogP contribution in [0.25, 0.3) is 0 Å². The lowest BCUT2D eigenvalue weighted by Gasteiger charge is -2.53. The molecule has 0 aromatic carbocycles. The molecule has 0 aromatic rings. The van der Waals surface area contributed by atoms with Gasteiger partial charge in [-0.2, -0.15) is 0 Å². The van der Waals surface area contributed by atoms with E-state index in [4.69, 9.17) is 7.85 Å². The van der Waals surface area contributed by atoms with E-state index in [1.807, 2.05) is 0 Å². The maximum atomic E-state index is 6.81. The summed E-state index contributed by atoms with van der Waals surface area (Å²) < 4.78 is 0. The minimum Gasteiger partial charge on any atom is -0.306 e. The van der Waals surface area contributed by atoms with Crippen molar-refractivity contribution in [1.29, 1.82) is 0 Å². The van der Waals surface area contributed by atoms with E-state index in [9.17, 15) is 0 Å². The number of nitrogens with zero attached hydrogens (tertiary/aromatic N) is 1. The molecule has 2 radical (unpaired) electrons. The van der Waals surface area contributed by atoms with Gasteiger partial charge in [0.2, 0.25) is 0 Å². The van der Waals surface area contributed by atoms with Gasteiger partial charge < -0.3 is 4.90 Å². The number of likely N-dealkylation sites (tertiary alicyclic amines) is 1. The van der Waals surface area contributed by atoms with E-state index in [1.54, 1.807) is 0 Å². The van der Waals surface area contributed by atoms with Gasteiger partial charge in [0, 0.05) is 6.54 Å². The van der Waals surface area contributed by atoms with Crippen molar-refractivity contribution in [2.24, 2.45) is 17.3 Å². The van der Waals surface area contributed by atoms with Gasteiger partial charge in [-0.25, -0.2) is 0 Å². The first kappa shape index (κ1) is 16.1. The maximum absolute atomic E-state index is 6.81. The van der Waals surface area contributed by atoms with E-state index in [1.165, 1.54) is 32.2 Å². The smallest absolute Gasteiger partial charge is 0.0750 e. The van der Waals surface area contributed by atoms with Crippen LogP contribution in [-0.4, -0.2) is 32.9 Å². The third-order valence-electron chi connectivity index (χ3n) is 5.04. The Kier molecular flexibility index (Phi) is 5.35. The molecule has 1 heterocycles. The topological polar surface area (TPSA) is 3.24 Å². The zero-order chi connectivity index (χ0) is 14.0. The van der Waals surface area contributed by atoms with E-state index in [0.717, 1.165) is 18.4 Å². The molecule has 3 unspecified atom stereocenters. The van der Waals surface area contributed by atoms with Crippen LogP contribution in [0.2, 0.25) is 5.31 Å². The Balaban J connectivity index is 3.04. The lowest BCUT2D eigenvalue weighted by molar-refractivity contribution is 0.0542. The second kappa shape index (κ2) is 5.99. The summed E-state index contributed by atoms with van der Waals surface area (Å²) in [6, 6.07) is 0. The van der Waals surface area contributed by atoms with Crippen LogP contribution in [0.3, 0.4) is 0 Å². The lowest BCUT2D eigenvalue weighted by atomic mass is 9.47. The van der Waals surface area contributed by atoms with E-state index in [0.29, 0.717) is 0 Å². The second-order valence-electron chi connectivity index (χ2n) is 7.49. The van der Waals surface area contributed by atoms with Crippen LogP contribution < -0.4 is 0 Å². The van der Waals surface area contributed by atoms with Crippen molar-refractivity contribution in [1.82, 2.24) is 4.90 Å². The van der Waals surface area contributed by atoms with Crippen LogP contribution >= 0.6 is 0 Å². The Bertz CT molecular complexity index is 262. The van der Waals surface area contributed by atoms with Gasteiger partial charge in [-0.1, -0.05) is 46.4 Å². The summed E-state index contributed by atoms with van der Waals surface area (Å²) in [5, 5.41) is -0.0416. The number of rotatable bonds is 3. The number of hydrogen-bond donors (Lipinski definition) is 0. The molecule has 3 atom stereocenters. The fraction of sp³-hybridized carbons (Fsp3) is 1.00. The Morgan fingerprint density at radius 2 is 2.00 bits per heavy atom. The van der Waals surface area contributed by atoms with Gasteiger partial charge in [-0.15, -0.1) is 0 Å². The van der Waals surface area contributed by atoms with Crippen molar-refractivity contribution in [2.75, 3.05) is 20.1 Å². The molecular weight excluding hydrogens is 217 g/mol. The summed E-state index contributed by atoms with van der Waals surface area (Å²) in [6.07, 6.45) is 4.88. The summed E-state index contributed by atoms with van der Waals surface area (Å²) in [5.74, 6) is 1.46. The van der Waals surface area contributed by atoms with Crippen molar-refractivity contribution >= 4 is 7.85 Å². The highest BCUT2D eigenvalue weighted by Crippen LogP contribution is 2.55. The standard InChI is InChI=1S/C16H32BN/c1-7-16(10-13(2)3)12-18(6)9-8-14(4)11-15(16,5)17/h13-14H,7-12H2,1-6H3. The molecule has 0 N–H and O–H groups in total. The zero-order valence-corrected chi connectivity index (χ0v) is 13.4. The van der Waals surface area contributed by atoms with Gasteiger partial charge in [0.05, 0.1) is 7.85 Å². The Morgan fingerprint density at radius 3 is 2.50 bits per heavy atom. The molecule has 0 spiro atoms. The summed E-state index contributed by atoms with van der Waals surface area (Å²) >= 11 is 0. The highest BCUT2D eigenvalue weighted by molar-refractivity contribution is 6.15. The van der Waals surface area contributed by atoms with Gasteiger partial charge in [0.25, 0.3) is 0 Å². The lowest BCUT2D eigenvalue weighted by Crippen LogP contribution is -2.47. The fourth-order valence-electron chi connectivity index (χ4n) is 4.00. The molecule has 0 aromatic heterocycles. The maximum Gasteiger partial charge on any atom is 0.0750 e. The zero-order valence-electron chi connectivity index (χ0n) is 13.4. The van der Waals surface area contributed by atoms with Gasteiger partial charge in [0.1, 0.15) is 0 Å². The van der Waals surface area contributed by atoms with Crippen molar-refractivity contribution in [2.45, 2.75) is 65.6 Å². The molecular formula is C16H32BN. The molecule has 2 heteroatoms. The van der Waals surface area contributed by atoms with E-state index >= 15 is 0 Å². The fourth-order valence-corrected chi connectivity index (χ4v) is 4.00. The van der Waals surface area contributed by atoms with Crippen LogP contribution in [0, 0.1) is 17.3 Å². The van der Waals surface area contributed by atoms with Gasteiger partial charge in [-0.3, -0.25) is 0 Å². The predicted molar refractivity (Wildman–Crippen MR) is 82.2 cm³/mol. The summed E-state index contributed by atoms with van der Waals surface area (Å²) in [5.41, 5.74) is 0.268. The predicted octanol–water partition coefficient (Wildman–Crippen LogP) is 4.14. The molecule has 1 aliphatic heterocycles. The molecule has 1 fully saturated rings. The quantitative estimate of drug-likeness (QED) is 0.679. The van der Waals surface area contributed by atoms with Crippen LogP contribution in [0.5, 0.6) is 0 Å². The molecule has 1 aliphatic rings. The minimum atomic E-state index is -0.0416. The third kappa shape index (κ3) is 3.53. The molecule has 0 bridgehead atoms. The summed E-state index contributed by atoms with van der Waals surface area (Å²) in [4.78, 5) is 2.51. The van der Waals surface area contributed by atoms with Gasteiger partial charge >= 0.3 is 0 Å². The van der Waals surface area contributed by atoms with Crippen molar-refractivity contribution < 1.29 is 0 Å². The largest absolute Gasteiger partial charge is 0.306 e. The van der Waals surface area contributed by atoms with Gasteiger partial charge in [-0.05, 0) is 50.1 Å². The average Bonchev–Trinajstić information content (AvgIpc) is 2.22. The molecule has 1 nitrogen and oxygen atoms in total. The average molecular weight is 249 g/mol. The van der Waals surface area contributed by atoms with Crippen molar-refractivity contribution in [3.63, 3.8) is 0 Å². The third-order valence-corrected chi connectivity index (χ3v) is 5.04. The van der Waals surface area contributed by atoms with E-state index in [-0.39, 0.29) is 10.7 Å². The Labute approximate surface area is 116 Å². The normalized spacial score (nSPS) is 39.6. The summed E-state index contributed by atoms with van der Waals surface area (Å²) in [7, 11) is 9.07. The van der Waals surface area contributed by atoms with E-state index < -0.39 is 0 Å². The molecule has 0 saturated carbocycles. The van der Waals surface area contributed by atoms with Crippen LogP contribution in [0.4, 0.5) is 0 Å².